The van der Waals surface area contributed by atoms with Gasteiger partial charge in [0, 0.05) is 0 Å². The quantitative estimate of drug-likeness (QED) is 0.219. The molecular formula is C34H28N4. The molecule has 0 aliphatic heterocycles. The zero-order chi connectivity index (χ0) is 27.1. The fourth-order valence-corrected chi connectivity index (χ4v) is 3.91. The molecule has 4 heteroatoms. The number of hydrogen-bond acceptors (Lipinski definition) is 0. The third-order valence-electron chi connectivity index (χ3n) is 6.13. The van der Waals surface area contributed by atoms with E-state index in [9.17, 15) is 0 Å². The smallest absolute Gasteiger partial charge is 0.0618 e. The van der Waals surface area contributed by atoms with E-state index in [2.05, 4.69) is 13.2 Å². The van der Waals surface area contributed by atoms with Crippen molar-refractivity contribution in [2.75, 3.05) is 0 Å². The van der Waals surface area contributed by atoms with Gasteiger partial charge in [-0.1, -0.05) is 110 Å². The van der Waals surface area contributed by atoms with Crippen LogP contribution in [0, 0.1) is 0 Å². The van der Waals surface area contributed by atoms with Gasteiger partial charge in [0.25, 0.3) is 0 Å². The zero-order valence-electron chi connectivity index (χ0n) is 21.0. The molecule has 0 unspecified atom stereocenters. The molecule has 0 saturated heterocycles. The normalized spacial score (nSPS) is 11.5. The molecule has 4 nitrogen and oxygen atoms in total. The highest BCUT2D eigenvalue weighted by Gasteiger charge is 2.02. The average molecular weight is 493 g/mol. The van der Waals surface area contributed by atoms with Crippen LogP contribution in [0.3, 0.4) is 0 Å². The molecule has 0 heterocycles. The van der Waals surface area contributed by atoms with Crippen LogP contribution in [0.1, 0.15) is 44.5 Å². The van der Waals surface area contributed by atoms with Gasteiger partial charge < -0.3 is 22.9 Å². The van der Waals surface area contributed by atoms with Crippen LogP contribution in [-0.2, 0) is 0 Å². The van der Waals surface area contributed by atoms with Gasteiger partial charge in [-0.2, -0.15) is 0 Å². The molecule has 0 spiro atoms. The van der Waals surface area contributed by atoms with Crippen molar-refractivity contribution in [2.24, 2.45) is 0 Å². The molecule has 0 saturated carbocycles. The van der Waals surface area contributed by atoms with Gasteiger partial charge in [0.2, 0.25) is 0 Å². The van der Waals surface area contributed by atoms with Crippen molar-refractivity contribution in [2.45, 2.75) is 0 Å². The van der Waals surface area contributed by atoms with Crippen molar-refractivity contribution in [1.82, 2.24) is 22.9 Å². The number of nitrogens with one attached hydrogen (secondary N) is 4. The fraction of sp³-hybridized carbons (Fsp3) is 0. The summed E-state index contributed by atoms with van der Waals surface area (Å²) in [7, 11) is 0. The average Bonchev–Trinajstić information content (AvgIpc) is 2.91. The molecule has 4 N–H and O–H groups in total. The van der Waals surface area contributed by atoms with E-state index in [4.69, 9.17) is 22.9 Å². The lowest BCUT2D eigenvalue weighted by atomic mass is 10.0. The highest BCUT2D eigenvalue weighted by Crippen LogP contribution is 2.25. The first kappa shape index (κ1) is 25.9. The van der Waals surface area contributed by atoms with Crippen molar-refractivity contribution in [3.05, 3.63) is 130 Å². The predicted molar refractivity (Wildman–Crippen MR) is 164 cm³/mol. The van der Waals surface area contributed by atoms with Crippen LogP contribution in [-0.4, -0.2) is 0 Å². The van der Waals surface area contributed by atoms with Crippen LogP contribution in [0.25, 0.3) is 48.6 Å². The number of hydrogen-bond donors (Lipinski definition) is 0. The molecule has 0 aliphatic carbocycles. The van der Waals surface area contributed by atoms with Gasteiger partial charge in [0.05, 0.1) is 22.7 Å². The standard InChI is InChI=1S/C34H28N4/c1-3-23-5-13-28(32(36)19-23)14-8-25-9-17-30(34(38)21-25)18-11-26-10-16-29(33(37)22-26)15-7-24-6-12-27(4-2)31(35)20-24/h3-22,35-38H,1-2H2/b14-8+,15-7+,18-11+. The molecule has 38 heavy (non-hydrogen) atoms. The predicted octanol–water partition coefficient (Wildman–Crippen LogP) is 9.14. The highest BCUT2D eigenvalue weighted by molar-refractivity contribution is 5.82. The van der Waals surface area contributed by atoms with Gasteiger partial charge in [0.1, 0.15) is 0 Å². The van der Waals surface area contributed by atoms with Gasteiger partial charge in [-0.05, 0) is 68.8 Å². The van der Waals surface area contributed by atoms with E-state index >= 15 is 0 Å². The van der Waals surface area contributed by atoms with Crippen LogP contribution in [0.2, 0.25) is 0 Å². The molecule has 4 radical (unpaired) electrons. The van der Waals surface area contributed by atoms with Crippen molar-refractivity contribution in [3.8, 4) is 0 Å². The second kappa shape index (κ2) is 11.7. The summed E-state index contributed by atoms with van der Waals surface area (Å²) in [5.74, 6) is 0. The Morgan fingerprint density at radius 2 is 0.684 bits per heavy atom. The number of rotatable bonds is 8. The van der Waals surface area contributed by atoms with E-state index in [1.54, 1.807) is 36.4 Å². The van der Waals surface area contributed by atoms with Crippen LogP contribution in [0.5, 0.6) is 0 Å². The van der Waals surface area contributed by atoms with E-state index in [-0.39, 0.29) is 0 Å². The van der Waals surface area contributed by atoms with Gasteiger partial charge in [-0.25, -0.2) is 0 Å². The topological polar surface area (TPSA) is 95.2 Å². The van der Waals surface area contributed by atoms with Gasteiger partial charge >= 0.3 is 0 Å². The van der Waals surface area contributed by atoms with Crippen LogP contribution >= 0.6 is 0 Å². The molecule has 0 bridgehead atoms. The lowest BCUT2D eigenvalue weighted by molar-refractivity contribution is 1.44. The summed E-state index contributed by atoms with van der Waals surface area (Å²) < 4.78 is 0. The Bertz CT molecular complexity index is 1590. The minimum Gasteiger partial charge on any atom is -0.300 e. The van der Waals surface area contributed by atoms with E-state index in [0.29, 0.717) is 22.7 Å². The van der Waals surface area contributed by atoms with E-state index < -0.39 is 0 Å². The Labute approximate surface area is 224 Å². The van der Waals surface area contributed by atoms with Crippen LogP contribution in [0.4, 0.5) is 22.7 Å². The van der Waals surface area contributed by atoms with Crippen molar-refractivity contribution in [3.63, 3.8) is 0 Å². The molecule has 0 fully saturated rings. The van der Waals surface area contributed by atoms with Gasteiger partial charge in [-0.15, -0.1) is 0 Å². The molecule has 4 aromatic rings. The molecule has 184 valence electrons. The Balaban J connectivity index is 1.44. The summed E-state index contributed by atoms with van der Waals surface area (Å²) >= 11 is 0. The maximum Gasteiger partial charge on any atom is 0.0618 e. The molecule has 4 aromatic carbocycles. The Morgan fingerprint density at radius 3 is 1.00 bits per heavy atom. The Hall–Kier alpha value is -5.22. The minimum atomic E-state index is 0.401. The summed E-state index contributed by atoms with van der Waals surface area (Å²) in [5.41, 5.74) is 41.4. The van der Waals surface area contributed by atoms with Crippen LogP contribution < -0.4 is 22.9 Å². The largest absolute Gasteiger partial charge is 0.300 e. The zero-order valence-corrected chi connectivity index (χ0v) is 21.0. The highest BCUT2D eigenvalue weighted by atomic mass is 14.6. The SMILES string of the molecule is C=Cc1ccc(/C=C/c2ccc(/C=C/c3ccc(/C=C/c4ccc(C=C)c([NH])c4)c([NH])c3)c([NH])c2)c([NH])c1. The van der Waals surface area contributed by atoms with E-state index in [1.165, 1.54) is 0 Å². The summed E-state index contributed by atoms with van der Waals surface area (Å²) in [6.45, 7) is 7.45. The first-order valence-corrected chi connectivity index (χ1v) is 12.1. The first-order valence-electron chi connectivity index (χ1n) is 12.1. The monoisotopic (exact) mass is 492 g/mol. The Morgan fingerprint density at radius 1 is 0.368 bits per heavy atom. The molecule has 4 rings (SSSR count). The van der Waals surface area contributed by atoms with E-state index in [1.807, 2.05) is 85.0 Å². The summed E-state index contributed by atoms with van der Waals surface area (Å²) in [5, 5.41) is 0. The molecular weight excluding hydrogens is 464 g/mol. The molecule has 0 amide bonds. The maximum atomic E-state index is 8.41. The second-order valence-corrected chi connectivity index (χ2v) is 8.79. The first-order chi connectivity index (χ1) is 18.4. The summed E-state index contributed by atoms with van der Waals surface area (Å²) in [6.07, 6.45) is 14.7. The lowest BCUT2D eigenvalue weighted by Gasteiger charge is -2.04. The van der Waals surface area contributed by atoms with Gasteiger partial charge in [-0.3, -0.25) is 0 Å². The molecule has 0 aromatic heterocycles. The van der Waals surface area contributed by atoms with Crippen molar-refractivity contribution >= 4 is 71.4 Å². The third-order valence-corrected chi connectivity index (χ3v) is 6.13. The Kier molecular flexibility index (Phi) is 7.95. The van der Waals surface area contributed by atoms with Crippen molar-refractivity contribution in [1.29, 1.82) is 0 Å². The van der Waals surface area contributed by atoms with Crippen molar-refractivity contribution < 1.29 is 0 Å². The molecule has 0 aliphatic rings. The lowest BCUT2D eigenvalue weighted by Crippen LogP contribution is -1.83. The fourth-order valence-electron chi connectivity index (χ4n) is 3.91. The second-order valence-electron chi connectivity index (χ2n) is 8.79. The number of benzene rings is 4. The van der Waals surface area contributed by atoms with E-state index in [0.717, 1.165) is 44.5 Å². The van der Waals surface area contributed by atoms with Gasteiger partial charge in [0.15, 0.2) is 0 Å². The maximum absolute atomic E-state index is 8.41. The third kappa shape index (κ3) is 6.31. The summed E-state index contributed by atoms with van der Waals surface area (Å²) in [6, 6.07) is 22.5. The minimum absolute atomic E-state index is 0.401. The summed E-state index contributed by atoms with van der Waals surface area (Å²) in [4.78, 5) is 0. The molecule has 0 atom stereocenters. The van der Waals surface area contributed by atoms with Crippen LogP contribution in [0.15, 0.2) is 86.0 Å².